The molecular formula is C11H11ClN4. The number of hydrogen-bond donors (Lipinski definition) is 0. The summed E-state index contributed by atoms with van der Waals surface area (Å²) in [6.45, 7) is 0. The van der Waals surface area contributed by atoms with Crippen molar-refractivity contribution >= 4 is 17.2 Å². The van der Waals surface area contributed by atoms with Gasteiger partial charge in [0.2, 0.25) is 0 Å². The van der Waals surface area contributed by atoms with Gasteiger partial charge in [-0.3, -0.25) is 4.40 Å². The third-order valence-corrected chi connectivity index (χ3v) is 4.28. The van der Waals surface area contributed by atoms with Gasteiger partial charge >= 0.3 is 0 Å². The molecule has 2 unspecified atom stereocenters. The maximum absolute atomic E-state index is 5.98. The van der Waals surface area contributed by atoms with E-state index in [1.54, 1.807) is 6.20 Å². The molecule has 0 amide bonds. The van der Waals surface area contributed by atoms with Gasteiger partial charge in [0, 0.05) is 18.3 Å². The molecule has 0 bridgehead atoms. The molecule has 2 aliphatic carbocycles. The molecule has 2 aromatic rings. The Balaban J connectivity index is 1.84. The van der Waals surface area contributed by atoms with E-state index in [-0.39, 0.29) is 0 Å². The van der Waals surface area contributed by atoms with E-state index in [1.807, 2.05) is 10.6 Å². The van der Waals surface area contributed by atoms with Gasteiger partial charge in [0.05, 0.1) is 0 Å². The van der Waals surface area contributed by atoms with Crippen molar-refractivity contribution in [2.75, 3.05) is 0 Å². The van der Waals surface area contributed by atoms with Crippen molar-refractivity contribution in [3.05, 3.63) is 23.4 Å². The summed E-state index contributed by atoms with van der Waals surface area (Å²) in [5.41, 5.74) is 0.684. The number of aromatic nitrogens is 4. The van der Waals surface area contributed by atoms with Crippen LogP contribution in [-0.4, -0.2) is 19.6 Å². The number of fused-ring (bicyclic) bond motifs is 2. The molecule has 0 N–H and O–H groups in total. The third-order valence-electron chi connectivity index (χ3n) is 4.01. The molecule has 2 heterocycles. The molecule has 0 aliphatic heterocycles. The van der Waals surface area contributed by atoms with Gasteiger partial charge < -0.3 is 0 Å². The van der Waals surface area contributed by atoms with Gasteiger partial charge in [-0.15, -0.1) is 10.2 Å². The van der Waals surface area contributed by atoms with Crippen molar-refractivity contribution in [3.63, 3.8) is 0 Å². The van der Waals surface area contributed by atoms with E-state index < -0.39 is 0 Å². The molecule has 4 nitrogen and oxygen atoms in total. The van der Waals surface area contributed by atoms with Crippen LogP contribution >= 0.6 is 11.6 Å². The highest BCUT2D eigenvalue weighted by molar-refractivity contribution is 6.32. The summed E-state index contributed by atoms with van der Waals surface area (Å²) in [7, 11) is 0. The van der Waals surface area contributed by atoms with Crippen LogP contribution < -0.4 is 0 Å². The monoisotopic (exact) mass is 234 g/mol. The van der Waals surface area contributed by atoms with Crippen LogP contribution in [0.4, 0.5) is 0 Å². The lowest BCUT2D eigenvalue weighted by Gasteiger charge is -2.01. The highest BCUT2D eigenvalue weighted by Crippen LogP contribution is 2.62. The summed E-state index contributed by atoms with van der Waals surface area (Å²) in [4.78, 5) is 4.01. The van der Waals surface area contributed by atoms with Gasteiger partial charge in [0.25, 0.3) is 0 Å². The van der Waals surface area contributed by atoms with Crippen molar-refractivity contribution in [2.45, 2.75) is 25.2 Å². The van der Waals surface area contributed by atoms with Crippen LogP contribution in [0, 0.1) is 11.8 Å². The van der Waals surface area contributed by atoms with E-state index >= 15 is 0 Å². The van der Waals surface area contributed by atoms with Gasteiger partial charge in [-0.2, -0.15) is 0 Å². The van der Waals surface area contributed by atoms with E-state index in [1.165, 1.54) is 19.3 Å². The summed E-state index contributed by atoms with van der Waals surface area (Å²) < 4.78 is 2.00. The first kappa shape index (κ1) is 8.93. The number of nitrogens with zero attached hydrogens (tertiary/aromatic N) is 4. The Bertz CT molecular complexity index is 554. The molecule has 4 rings (SSSR count). The highest BCUT2D eigenvalue weighted by Gasteiger charge is 2.55. The van der Waals surface area contributed by atoms with Crippen LogP contribution in [0.5, 0.6) is 0 Å². The second kappa shape index (κ2) is 2.94. The van der Waals surface area contributed by atoms with Crippen molar-refractivity contribution in [2.24, 2.45) is 11.8 Å². The Morgan fingerprint density at radius 2 is 2.06 bits per heavy atom. The minimum atomic E-state index is 0.437. The minimum Gasteiger partial charge on any atom is -0.282 e. The molecule has 0 spiro atoms. The third kappa shape index (κ3) is 1.03. The standard InChI is InChI=1S/C11H11ClN4/c12-9-11-15-14-10(16(11)5-4-13-9)8-6-2-1-3-7(6)8/h4-8H,1-3H2. The Morgan fingerprint density at radius 3 is 2.88 bits per heavy atom. The maximum Gasteiger partial charge on any atom is 0.198 e. The predicted molar refractivity (Wildman–Crippen MR) is 59.4 cm³/mol. The fraction of sp³-hybridized carbons (Fsp3) is 0.545. The van der Waals surface area contributed by atoms with Crippen LogP contribution in [0.25, 0.3) is 5.65 Å². The fourth-order valence-corrected chi connectivity index (χ4v) is 3.43. The van der Waals surface area contributed by atoms with E-state index in [2.05, 4.69) is 15.2 Å². The van der Waals surface area contributed by atoms with Gasteiger partial charge in [-0.25, -0.2) is 4.98 Å². The summed E-state index contributed by atoms with van der Waals surface area (Å²) in [6.07, 6.45) is 7.70. The van der Waals surface area contributed by atoms with Crippen molar-refractivity contribution < 1.29 is 0 Å². The Labute approximate surface area is 97.7 Å². The average molecular weight is 235 g/mol. The predicted octanol–water partition coefficient (Wildman–Crippen LogP) is 2.29. The van der Waals surface area contributed by atoms with E-state index in [0.29, 0.717) is 16.7 Å². The van der Waals surface area contributed by atoms with E-state index in [0.717, 1.165) is 17.7 Å². The van der Waals surface area contributed by atoms with Crippen molar-refractivity contribution in [3.8, 4) is 0 Å². The smallest absolute Gasteiger partial charge is 0.198 e. The molecule has 2 aliphatic rings. The second-order valence-electron chi connectivity index (χ2n) is 4.75. The zero-order chi connectivity index (χ0) is 10.7. The zero-order valence-corrected chi connectivity index (χ0v) is 9.43. The molecule has 82 valence electrons. The fourth-order valence-electron chi connectivity index (χ4n) is 3.25. The zero-order valence-electron chi connectivity index (χ0n) is 8.67. The summed E-state index contributed by atoms with van der Waals surface area (Å²) >= 11 is 5.98. The van der Waals surface area contributed by atoms with Crippen molar-refractivity contribution in [1.29, 1.82) is 0 Å². The first-order chi connectivity index (χ1) is 7.86. The molecule has 0 saturated heterocycles. The Hall–Kier alpha value is -1.16. The van der Waals surface area contributed by atoms with Crippen LogP contribution in [0.2, 0.25) is 5.15 Å². The molecule has 2 fully saturated rings. The van der Waals surface area contributed by atoms with Crippen LogP contribution in [0.15, 0.2) is 12.4 Å². The average Bonchev–Trinajstić information content (AvgIpc) is 2.73. The van der Waals surface area contributed by atoms with E-state index in [4.69, 9.17) is 11.6 Å². The van der Waals surface area contributed by atoms with Gasteiger partial charge in [0.1, 0.15) is 5.82 Å². The quantitative estimate of drug-likeness (QED) is 0.761. The number of halogens is 1. The number of rotatable bonds is 1. The molecule has 0 aromatic carbocycles. The lowest BCUT2D eigenvalue weighted by Crippen LogP contribution is -1.96. The molecule has 2 saturated carbocycles. The van der Waals surface area contributed by atoms with Gasteiger partial charge in [-0.05, 0) is 24.7 Å². The van der Waals surface area contributed by atoms with Crippen LogP contribution in [-0.2, 0) is 0 Å². The number of hydrogen-bond acceptors (Lipinski definition) is 3. The summed E-state index contributed by atoms with van der Waals surface area (Å²) in [5, 5.41) is 8.85. The topological polar surface area (TPSA) is 43.1 Å². The molecular weight excluding hydrogens is 224 g/mol. The Kier molecular flexibility index (Phi) is 1.64. The summed E-state index contributed by atoms with van der Waals surface area (Å²) in [5.74, 6) is 3.38. The normalized spacial score (nSPS) is 31.9. The van der Waals surface area contributed by atoms with Crippen LogP contribution in [0.3, 0.4) is 0 Å². The second-order valence-corrected chi connectivity index (χ2v) is 5.11. The van der Waals surface area contributed by atoms with Gasteiger partial charge in [-0.1, -0.05) is 18.0 Å². The molecule has 2 aromatic heterocycles. The lowest BCUT2D eigenvalue weighted by molar-refractivity contribution is 0.653. The van der Waals surface area contributed by atoms with Gasteiger partial charge in [0.15, 0.2) is 10.8 Å². The molecule has 2 atom stereocenters. The molecule has 16 heavy (non-hydrogen) atoms. The highest BCUT2D eigenvalue weighted by atomic mass is 35.5. The summed E-state index contributed by atoms with van der Waals surface area (Å²) in [6, 6.07) is 0. The van der Waals surface area contributed by atoms with Crippen LogP contribution in [0.1, 0.15) is 31.0 Å². The molecule has 5 heteroatoms. The first-order valence-corrected chi connectivity index (χ1v) is 6.09. The SMILES string of the molecule is Clc1nccn2c(C3C4CCCC43)nnc12. The van der Waals surface area contributed by atoms with Crippen molar-refractivity contribution in [1.82, 2.24) is 19.6 Å². The largest absolute Gasteiger partial charge is 0.282 e. The Morgan fingerprint density at radius 1 is 1.25 bits per heavy atom. The first-order valence-electron chi connectivity index (χ1n) is 5.71. The minimum absolute atomic E-state index is 0.437. The lowest BCUT2D eigenvalue weighted by atomic mass is 10.1. The van der Waals surface area contributed by atoms with E-state index in [9.17, 15) is 0 Å². The maximum atomic E-state index is 5.98. The molecule has 0 radical (unpaired) electrons.